The van der Waals surface area contributed by atoms with Crippen molar-refractivity contribution in [1.29, 1.82) is 0 Å². The van der Waals surface area contributed by atoms with Crippen LogP contribution in [-0.4, -0.2) is 47.7 Å². The molecule has 2 saturated heterocycles. The third-order valence-electron chi connectivity index (χ3n) is 4.51. The number of carboxylic acid groups (broad SMARTS) is 1. The number of amides is 1. The van der Waals surface area contributed by atoms with E-state index in [1.807, 2.05) is 0 Å². The van der Waals surface area contributed by atoms with E-state index in [-0.39, 0.29) is 17.9 Å². The van der Waals surface area contributed by atoms with Gasteiger partial charge in [-0.2, -0.15) is 0 Å². The summed E-state index contributed by atoms with van der Waals surface area (Å²) in [6.07, 6.45) is 3.18. The number of carbonyl (C=O) groups excluding carboxylic acids is 1. The molecule has 1 amide bonds. The predicted molar refractivity (Wildman–Crippen MR) is 69.7 cm³/mol. The number of nitrogens with zero attached hydrogens (tertiary/aromatic N) is 1. The number of rotatable bonds is 3. The van der Waals surface area contributed by atoms with Crippen molar-refractivity contribution < 1.29 is 19.4 Å². The van der Waals surface area contributed by atoms with Crippen molar-refractivity contribution in [2.24, 2.45) is 11.3 Å². The Labute approximate surface area is 113 Å². The molecule has 0 spiro atoms. The second-order valence-corrected chi connectivity index (χ2v) is 6.15. The summed E-state index contributed by atoms with van der Waals surface area (Å²) in [7, 11) is 0. The highest BCUT2D eigenvalue weighted by atomic mass is 16.5. The van der Waals surface area contributed by atoms with E-state index in [9.17, 15) is 14.7 Å². The number of carboxylic acids is 1. The smallest absolute Gasteiger partial charge is 0.309 e. The van der Waals surface area contributed by atoms with Gasteiger partial charge in [0.05, 0.1) is 5.41 Å². The van der Waals surface area contributed by atoms with Gasteiger partial charge in [-0.15, -0.1) is 0 Å². The number of aliphatic carboxylic acids is 1. The third-order valence-corrected chi connectivity index (χ3v) is 4.51. The molecule has 2 aliphatic rings. The fraction of sp³-hybridized carbons (Fsp3) is 0.857. The maximum Gasteiger partial charge on any atom is 0.309 e. The standard InChI is InChI=1S/C14H23NO4/c1-14(2,13(17)18)10-5-3-7-15(9-10)12(16)11-6-4-8-19-11/h10-11H,3-9H2,1-2H3,(H,17,18)/t10?,11-/m0/s1. The zero-order chi connectivity index (χ0) is 14.0. The Morgan fingerprint density at radius 1 is 1.26 bits per heavy atom. The van der Waals surface area contributed by atoms with Crippen LogP contribution in [0.3, 0.4) is 0 Å². The number of carbonyl (C=O) groups is 2. The molecule has 108 valence electrons. The molecule has 0 aliphatic carbocycles. The molecule has 2 fully saturated rings. The molecule has 0 aromatic carbocycles. The summed E-state index contributed by atoms with van der Waals surface area (Å²) in [5.74, 6) is -0.726. The van der Waals surface area contributed by atoms with Crippen molar-refractivity contribution in [3.63, 3.8) is 0 Å². The summed E-state index contributed by atoms with van der Waals surface area (Å²) < 4.78 is 5.43. The van der Waals surface area contributed by atoms with E-state index in [0.717, 1.165) is 32.2 Å². The highest BCUT2D eigenvalue weighted by molar-refractivity contribution is 5.81. The van der Waals surface area contributed by atoms with E-state index in [1.54, 1.807) is 18.7 Å². The van der Waals surface area contributed by atoms with Gasteiger partial charge in [-0.05, 0) is 45.4 Å². The molecule has 2 rings (SSSR count). The molecule has 19 heavy (non-hydrogen) atoms. The van der Waals surface area contributed by atoms with Crippen molar-refractivity contribution in [2.45, 2.75) is 45.6 Å². The lowest BCUT2D eigenvalue weighted by atomic mass is 9.74. The van der Waals surface area contributed by atoms with Crippen molar-refractivity contribution in [2.75, 3.05) is 19.7 Å². The van der Waals surface area contributed by atoms with Gasteiger partial charge >= 0.3 is 5.97 Å². The lowest BCUT2D eigenvalue weighted by molar-refractivity contribution is -0.154. The van der Waals surface area contributed by atoms with Gasteiger partial charge in [0, 0.05) is 19.7 Å². The molecule has 1 N–H and O–H groups in total. The quantitative estimate of drug-likeness (QED) is 0.843. The van der Waals surface area contributed by atoms with E-state index in [2.05, 4.69) is 0 Å². The largest absolute Gasteiger partial charge is 0.481 e. The lowest BCUT2D eigenvalue weighted by Gasteiger charge is -2.39. The minimum absolute atomic E-state index is 0.0177. The van der Waals surface area contributed by atoms with Crippen LogP contribution < -0.4 is 0 Å². The molecule has 0 saturated carbocycles. The second kappa shape index (κ2) is 5.49. The lowest BCUT2D eigenvalue weighted by Crippen LogP contribution is -2.49. The number of hydrogen-bond acceptors (Lipinski definition) is 3. The molecule has 0 aromatic rings. The van der Waals surface area contributed by atoms with Crippen LogP contribution >= 0.6 is 0 Å². The fourth-order valence-corrected chi connectivity index (χ4v) is 2.92. The molecule has 2 atom stereocenters. The first kappa shape index (κ1) is 14.3. The Morgan fingerprint density at radius 2 is 2.00 bits per heavy atom. The Kier molecular flexibility index (Phi) is 4.13. The van der Waals surface area contributed by atoms with Crippen molar-refractivity contribution >= 4 is 11.9 Å². The average Bonchev–Trinajstić information content (AvgIpc) is 2.91. The van der Waals surface area contributed by atoms with E-state index in [0.29, 0.717) is 13.2 Å². The molecule has 0 aromatic heterocycles. The topological polar surface area (TPSA) is 66.8 Å². The van der Waals surface area contributed by atoms with Gasteiger partial charge in [0.1, 0.15) is 6.10 Å². The highest BCUT2D eigenvalue weighted by Crippen LogP contribution is 2.34. The van der Waals surface area contributed by atoms with Crippen LogP contribution in [0.1, 0.15) is 39.5 Å². The summed E-state index contributed by atoms with van der Waals surface area (Å²) in [5.41, 5.74) is -0.782. The van der Waals surface area contributed by atoms with Gasteiger partial charge in [-0.25, -0.2) is 0 Å². The van der Waals surface area contributed by atoms with Crippen LogP contribution in [0, 0.1) is 11.3 Å². The maximum atomic E-state index is 12.3. The van der Waals surface area contributed by atoms with Gasteiger partial charge in [0.2, 0.25) is 0 Å². The van der Waals surface area contributed by atoms with E-state index in [4.69, 9.17) is 4.74 Å². The zero-order valence-electron chi connectivity index (χ0n) is 11.7. The molecular weight excluding hydrogens is 246 g/mol. The summed E-state index contributed by atoms with van der Waals surface area (Å²) in [5, 5.41) is 9.30. The number of likely N-dealkylation sites (tertiary alicyclic amines) is 1. The summed E-state index contributed by atoms with van der Waals surface area (Å²) >= 11 is 0. The molecule has 2 aliphatic heterocycles. The van der Waals surface area contributed by atoms with Crippen molar-refractivity contribution in [3.05, 3.63) is 0 Å². The molecule has 2 heterocycles. The SMILES string of the molecule is CC(C)(C(=O)O)C1CCCN(C(=O)[C@@H]2CCCO2)C1. The van der Waals surface area contributed by atoms with Gasteiger partial charge in [0.25, 0.3) is 5.91 Å². The first-order valence-corrected chi connectivity index (χ1v) is 7.06. The molecule has 0 bridgehead atoms. The second-order valence-electron chi connectivity index (χ2n) is 6.15. The minimum Gasteiger partial charge on any atom is -0.481 e. The number of piperidine rings is 1. The number of hydrogen-bond donors (Lipinski definition) is 1. The monoisotopic (exact) mass is 269 g/mol. The van der Waals surface area contributed by atoms with Crippen molar-refractivity contribution in [1.82, 2.24) is 4.90 Å². The Bertz CT molecular complexity index is 360. The molecule has 1 unspecified atom stereocenters. The summed E-state index contributed by atoms with van der Waals surface area (Å²) in [6.45, 7) is 5.43. The Morgan fingerprint density at radius 3 is 2.58 bits per heavy atom. The zero-order valence-corrected chi connectivity index (χ0v) is 11.7. The first-order chi connectivity index (χ1) is 8.93. The number of ether oxygens (including phenoxy) is 1. The normalized spacial score (nSPS) is 28.4. The fourth-order valence-electron chi connectivity index (χ4n) is 2.92. The van der Waals surface area contributed by atoms with E-state index >= 15 is 0 Å². The van der Waals surface area contributed by atoms with Crippen LogP contribution in [0.4, 0.5) is 0 Å². The van der Waals surface area contributed by atoms with Gasteiger partial charge < -0.3 is 14.7 Å². The van der Waals surface area contributed by atoms with Gasteiger partial charge in [-0.1, -0.05) is 0 Å². The molecule has 5 heteroatoms. The van der Waals surface area contributed by atoms with E-state index in [1.165, 1.54) is 0 Å². The van der Waals surface area contributed by atoms with Crippen LogP contribution in [0.5, 0.6) is 0 Å². The highest BCUT2D eigenvalue weighted by Gasteiger charge is 2.41. The van der Waals surface area contributed by atoms with Crippen LogP contribution in [-0.2, 0) is 14.3 Å². The van der Waals surface area contributed by atoms with Crippen molar-refractivity contribution in [3.8, 4) is 0 Å². The third kappa shape index (κ3) is 2.91. The molecular formula is C14H23NO4. The minimum atomic E-state index is -0.788. The Hall–Kier alpha value is -1.10. The van der Waals surface area contributed by atoms with Gasteiger partial charge in [-0.3, -0.25) is 9.59 Å². The summed E-state index contributed by atoms with van der Waals surface area (Å²) in [6, 6.07) is 0. The predicted octanol–water partition coefficient (Wildman–Crippen LogP) is 1.51. The van der Waals surface area contributed by atoms with E-state index < -0.39 is 11.4 Å². The maximum absolute atomic E-state index is 12.3. The van der Waals surface area contributed by atoms with Crippen LogP contribution in [0.15, 0.2) is 0 Å². The average molecular weight is 269 g/mol. The van der Waals surface area contributed by atoms with Crippen LogP contribution in [0.25, 0.3) is 0 Å². The Balaban J connectivity index is 2.00. The van der Waals surface area contributed by atoms with Crippen LogP contribution in [0.2, 0.25) is 0 Å². The molecule has 0 radical (unpaired) electrons. The van der Waals surface area contributed by atoms with Gasteiger partial charge in [0.15, 0.2) is 0 Å². The molecule has 5 nitrogen and oxygen atoms in total. The summed E-state index contributed by atoms with van der Waals surface area (Å²) in [4.78, 5) is 25.4. The first-order valence-electron chi connectivity index (χ1n) is 7.06.